The highest BCUT2D eigenvalue weighted by molar-refractivity contribution is 6.04. The molecule has 27 heavy (non-hydrogen) atoms. The summed E-state index contributed by atoms with van der Waals surface area (Å²) in [5.74, 6) is -0.963. The smallest absolute Gasteiger partial charge is 0.339 e. The predicted octanol–water partition coefficient (Wildman–Crippen LogP) is 1.86. The highest BCUT2D eigenvalue weighted by Crippen LogP contribution is 2.27. The zero-order valence-electron chi connectivity index (χ0n) is 15.2. The van der Waals surface area contributed by atoms with Gasteiger partial charge in [0.1, 0.15) is 17.1 Å². The van der Waals surface area contributed by atoms with Crippen molar-refractivity contribution in [2.24, 2.45) is 0 Å². The number of carbonyl (C=O) groups excluding carboxylic acids is 3. The summed E-state index contributed by atoms with van der Waals surface area (Å²) in [6.45, 7) is -0.310. The van der Waals surface area contributed by atoms with Crippen molar-refractivity contribution in [3.63, 3.8) is 0 Å². The van der Waals surface area contributed by atoms with E-state index in [1.807, 2.05) is 0 Å². The third-order valence-corrected chi connectivity index (χ3v) is 3.67. The van der Waals surface area contributed by atoms with Crippen LogP contribution in [-0.4, -0.2) is 45.7 Å². The largest absolute Gasteiger partial charge is 0.496 e. The highest BCUT2D eigenvalue weighted by Gasteiger charge is 2.19. The van der Waals surface area contributed by atoms with Crippen molar-refractivity contribution in [3.05, 3.63) is 53.6 Å². The normalized spacial score (nSPS) is 9.89. The van der Waals surface area contributed by atoms with Crippen LogP contribution in [0, 0.1) is 0 Å². The van der Waals surface area contributed by atoms with E-state index in [0.717, 1.165) is 0 Å². The lowest BCUT2D eigenvalue weighted by molar-refractivity contribution is -0.115. The van der Waals surface area contributed by atoms with E-state index in [0.29, 0.717) is 17.2 Å². The van der Waals surface area contributed by atoms with Crippen molar-refractivity contribution in [2.75, 3.05) is 33.2 Å². The highest BCUT2D eigenvalue weighted by atomic mass is 16.5. The number of amides is 2. The van der Waals surface area contributed by atoms with E-state index < -0.39 is 17.8 Å². The standard InChI is InChI=1S/C19H20N2O6/c1-25-14-9-6-10-15(26-2)17(14)18(23)20-11-16(22)21-13-8-5-4-7-12(13)19(24)27-3/h4-10H,11H2,1-3H3,(H,20,23)(H,21,22). The number of esters is 1. The lowest BCUT2D eigenvalue weighted by Crippen LogP contribution is -2.33. The zero-order chi connectivity index (χ0) is 19.8. The Hall–Kier alpha value is -3.55. The Bertz CT molecular complexity index is 828. The van der Waals surface area contributed by atoms with Crippen molar-refractivity contribution in [3.8, 4) is 11.5 Å². The fourth-order valence-corrected chi connectivity index (χ4v) is 2.40. The maximum atomic E-state index is 12.5. The van der Waals surface area contributed by atoms with E-state index in [2.05, 4.69) is 15.4 Å². The summed E-state index contributed by atoms with van der Waals surface area (Å²) in [6, 6.07) is 11.3. The van der Waals surface area contributed by atoms with Crippen LogP contribution >= 0.6 is 0 Å². The number of carbonyl (C=O) groups is 3. The van der Waals surface area contributed by atoms with Gasteiger partial charge in [0.2, 0.25) is 5.91 Å². The van der Waals surface area contributed by atoms with E-state index in [1.165, 1.54) is 27.4 Å². The summed E-state index contributed by atoms with van der Waals surface area (Å²) < 4.78 is 15.0. The number of ether oxygens (including phenoxy) is 3. The van der Waals surface area contributed by atoms with Gasteiger partial charge in [0, 0.05) is 0 Å². The van der Waals surface area contributed by atoms with Crippen LogP contribution in [0.1, 0.15) is 20.7 Å². The van der Waals surface area contributed by atoms with Crippen LogP contribution in [-0.2, 0) is 9.53 Å². The number of hydrogen-bond donors (Lipinski definition) is 2. The number of rotatable bonds is 7. The van der Waals surface area contributed by atoms with E-state index >= 15 is 0 Å². The lowest BCUT2D eigenvalue weighted by atomic mass is 10.1. The van der Waals surface area contributed by atoms with Gasteiger partial charge < -0.3 is 24.8 Å². The zero-order valence-corrected chi connectivity index (χ0v) is 15.2. The molecule has 2 rings (SSSR count). The molecule has 2 amide bonds. The maximum Gasteiger partial charge on any atom is 0.339 e. The molecule has 0 aliphatic heterocycles. The molecular formula is C19H20N2O6. The van der Waals surface area contributed by atoms with Crippen LogP contribution in [0.4, 0.5) is 5.69 Å². The molecule has 0 saturated carbocycles. The molecule has 2 aromatic rings. The van der Waals surface area contributed by atoms with Gasteiger partial charge in [-0.3, -0.25) is 9.59 Å². The monoisotopic (exact) mass is 372 g/mol. The predicted molar refractivity (Wildman–Crippen MR) is 98.3 cm³/mol. The first-order valence-electron chi connectivity index (χ1n) is 7.98. The molecular weight excluding hydrogens is 352 g/mol. The fourth-order valence-electron chi connectivity index (χ4n) is 2.40. The number of hydrogen-bond acceptors (Lipinski definition) is 6. The van der Waals surface area contributed by atoms with E-state index in [9.17, 15) is 14.4 Å². The summed E-state index contributed by atoms with van der Waals surface area (Å²) >= 11 is 0. The van der Waals surface area contributed by atoms with Crippen LogP contribution in [0.25, 0.3) is 0 Å². The first-order valence-corrected chi connectivity index (χ1v) is 7.98. The van der Waals surface area contributed by atoms with Gasteiger partial charge in [-0.25, -0.2) is 4.79 Å². The van der Waals surface area contributed by atoms with Gasteiger partial charge in [-0.2, -0.15) is 0 Å². The first-order chi connectivity index (χ1) is 13.0. The summed E-state index contributed by atoms with van der Waals surface area (Å²) in [5, 5.41) is 5.08. The molecule has 2 N–H and O–H groups in total. The van der Waals surface area contributed by atoms with Gasteiger partial charge in [-0.15, -0.1) is 0 Å². The Balaban J connectivity index is 2.07. The summed E-state index contributed by atoms with van der Waals surface area (Å²) in [4.78, 5) is 36.4. The molecule has 0 radical (unpaired) electrons. The third-order valence-electron chi connectivity index (χ3n) is 3.67. The van der Waals surface area contributed by atoms with Crippen LogP contribution < -0.4 is 20.1 Å². The second kappa shape index (κ2) is 9.23. The fraction of sp³-hybridized carbons (Fsp3) is 0.211. The molecule has 0 fully saturated rings. The van der Waals surface area contributed by atoms with Gasteiger partial charge in [0.25, 0.3) is 5.91 Å². The minimum atomic E-state index is -0.575. The van der Waals surface area contributed by atoms with Crippen LogP contribution in [0.5, 0.6) is 11.5 Å². The summed E-state index contributed by atoms with van der Waals surface area (Å²) in [6.07, 6.45) is 0. The van der Waals surface area contributed by atoms with Gasteiger partial charge >= 0.3 is 5.97 Å². The molecule has 0 aliphatic carbocycles. The van der Waals surface area contributed by atoms with Crippen molar-refractivity contribution in [1.82, 2.24) is 5.32 Å². The molecule has 0 unspecified atom stereocenters. The van der Waals surface area contributed by atoms with E-state index in [4.69, 9.17) is 9.47 Å². The topological polar surface area (TPSA) is 103 Å². The van der Waals surface area contributed by atoms with Gasteiger partial charge in [-0.05, 0) is 24.3 Å². The van der Waals surface area contributed by atoms with Crippen molar-refractivity contribution in [1.29, 1.82) is 0 Å². The summed E-state index contributed by atoms with van der Waals surface area (Å²) in [7, 11) is 4.12. The Kier molecular flexibility index (Phi) is 6.76. The van der Waals surface area contributed by atoms with Gasteiger partial charge in [0.15, 0.2) is 0 Å². The molecule has 0 aromatic heterocycles. The Labute approximate surface area is 156 Å². The average Bonchev–Trinajstić information content (AvgIpc) is 2.71. The average molecular weight is 372 g/mol. The minimum Gasteiger partial charge on any atom is -0.496 e. The van der Waals surface area contributed by atoms with Crippen LogP contribution in [0.2, 0.25) is 0 Å². The second-order valence-corrected chi connectivity index (χ2v) is 5.31. The summed E-state index contributed by atoms with van der Waals surface area (Å²) in [5.41, 5.74) is 0.690. The van der Waals surface area contributed by atoms with Gasteiger partial charge in [0.05, 0.1) is 39.1 Å². The number of methoxy groups -OCH3 is 3. The Morgan fingerprint density at radius 2 is 1.52 bits per heavy atom. The molecule has 0 aliphatic rings. The Morgan fingerprint density at radius 3 is 2.11 bits per heavy atom. The maximum absolute atomic E-state index is 12.5. The van der Waals surface area contributed by atoms with Crippen molar-refractivity contribution in [2.45, 2.75) is 0 Å². The van der Waals surface area contributed by atoms with Crippen molar-refractivity contribution >= 4 is 23.5 Å². The van der Waals surface area contributed by atoms with Gasteiger partial charge in [-0.1, -0.05) is 18.2 Å². The molecule has 0 spiro atoms. The molecule has 0 bridgehead atoms. The second-order valence-electron chi connectivity index (χ2n) is 5.31. The minimum absolute atomic E-state index is 0.185. The van der Waals surface area contributed by atoms with Crippen LogP contribution in [0.3, 0.4) is 0 Å². The SMILES string of the molecule is COC(=O)c1ccccc1NC(=O)CNC(=O)c1c(OC)cccc1OC. The van der Waals surface area contributed by atoms with E-state index in [-0.39, 0.29) is 17.7 Å². The third kappa shape index (κ3) is 4.75. The van der Waals surface area contributed by atoms with Crippen LogP contribution in [0.15, 0.2) is 42.5 Å². The first kappa shape index (κ1) is 19.8. The lowest BCUT2D eigenvalue weighted by Gasteiger charge is -2.13. The number of benzene rings is 2. The molecule has 2 aromatic carbocycles. The number of anilines is 1. The van der Waals surface area contributed by atoms with E-state index in [1.54, 1.807) is 36.4 Å². The quantitative estimate of drug-likeness (QED) is 0.719. The molecule has 0 heterocycles. The molecule has 8 heteroatoms. The molecule has 0 saturated heterocycles. The Morgan fingerprint density at radius 1 is 0.889 bits per heavy atom. The molecule has 142 valence electrons. The van der Waals surface area contributed by atoms with Crippen molar-refractivity contribution < 1.29 is 28.6 Å². The molecule has 0 atom stereocenters. The number of nitrogens with one attached hydrogen (secondary N) is 2. The molecule has 8 nitrogen and oxygen atoms in total. The number of para-hydroxylation sites is 1.